The van der Waals surface area contributed by atoms with Crippen LogP contribution < -0.4 is 10.5 Å². The molecule has 114 valence electrons. The Morgan fingerprint density at radius 1 is 1.48 bits per heavy atom. The van der Waals surface area contributed by atoms with Crippen LogP contribution in [0.4, 0.5) is 0 Å². The minimum Gasteiger partial charge on any atom is -0.492 e. The maximum absolute atomic E-state index is 11.4. The van der Waals surface area contributed by atoms with E-state index in [2.05, 4.69) is 4.90 Å². The van der Waals surface area contributed by atoms with Gasteiger partial charge in [-0.25, -0.2) is 4.79 Å². The van der Waals surface area contributed by atoms with E-state index in [9.17, 15) is 9.59 Å². The Labute approximate surface area is 123 Å². The SMILES string of the molecule is CC1(C(N)=O)CCN(CCOc2cccc(C(=O)O)c2)C1. The summed E-state index contributed by atoms with van der Waals surface area (Å²) in [6.07, 6.45) is 0.761. The summed E-state index contributed by atoms with van der Waals surface area (Å²) < 4.78 is 5.57. The predicted octanol–water partition coefficient (Wildman–Crippen LogP) is 0.961. The van der Waals surface area contributed by atoms with Crippen LogP contribution in [0.25, 0.3) is 0 Å². The highest BCUT2D eigenvalue weighted by Crippen LogP contribution is 2.29. The van der Waals surface area contributed by atoms with Crippen molar-refractivity contribution in [2.24, 2.45) is 11.1 Å². The number of likely N-dealkylation sites (tertiary alicyclic amines) is 1. The summed E-state index contributed by atoms with van der Waals surface area (Å²) in [5.74, 6) is -0.705. The lowest BCUT2D eigenvalue weighted by Gasteiger charge is -2.21. The van der Waals surface area contributed by atoms with Gasteiger partial charge in [-0.2, -0.15) is 0 Å². The number of amides is 1. The number of nitrogens with two attached hydrogens (primary N) is 1. The second-order valence-corrected chi connectivity index (χ2v) is 5.63. The summed E-state index contributed by atoms with van der Waals surface area (Å²) in [5, 5.41) is 8.91. The van der Waals surface area contributed by atoms with Crippen LogP contribution in [0.15, 0.2) is 24.3 Å². The molecule has 2 rings (SSSR count). The molecular formula is C15H20N2O4. The fourth-order valence-electron chi connectivity index (χ4n) is 2.46. The minimum atomic E-state index is -0.975. The van der Waals surface area contributed by atoms with Crippen molar-refractivity contribution in [1.29, 1.82) is 0 Å². The van der Waals surface area contributed by atoms with E-state index in [1.54, 1.807) is 12.1 Å². The van der Waals surface area contributed by atoms with E-state index < -0.39 is 11.4 Å². The van der Waals surface area contributed by atoms with Crippen molar-refractivity contribution in [3.8, 4) is 5.75 Å². The quantitative estimate of drug-likeness (QED) is 0.814. The Kier molecular flexibility index (Phi) is 4.47. The third-order valence-electron chi connectivity index (χ3n) is 3.90. The summed E-state index contributed by atoms with van der Waals surface area (Å²) in [4.78, 5) is 24.4. The highest BCUT2D eigenvalue weighted by Gasteiger charge is 2.38. The third kappa shape index (κ3) is 3.72. The lowest BCUT2D eigenvalue weighted by atomic mass is 9.89. The molecule has 1 unspecified atom stereocenters. The van der Waals surface area contributed by atoms with E-state index >= 15 is 0 Å². The van der Waals surface area contributed by atoms with E-state index in [1.165, 1.54) is 12.1 Å². The van der Waals surface area contributed by atoms with Gasteiger partial charge in [0.25, 0.3) is 0 Å². The first-order chi connectivity index (χ1) is 9.90. The molecule has 1 saturated heterocycles. The Morgan fingerprint density at radius 3 is 2.86 bits per heavy atom. The van der Waals surface area contributed by atoms with Crippen LogP contribution in [-0.2, 0) is 4.79 Å². The van der Waals surface area contributed by atoms with Gasteiger partial charge in [0.15, 0.2) is 0 Å². The number of primary amides is 1. The molecule has 0 saturated carbocycles. The van der Waals surface area contributed by atoms with Crippen molar-refractivity contribution in [3.63, 3.8) is 0 Å². The second-order valence-electron chi connectivity index (χ2n) is 5.63. The van der Waals surface area contributed by atoms with Gasteiger partial charge in [0.05, 0.1) is 11.0 Å². The second kappa shape index (κ2) is 6.13. The van der Waals surface area contributed by atoms with Gasteiger partial charge in [-0.3, -0.25) is 9.69 Å². The number of rotatable bonds is 6. The first-order valence-electron chi connectivity index (χ1n) is 6.89. The van der Waals surface area contributed by atoms with Crippen molar-refractivity contribution in [2.75, 3.05) is 26.2 Å². The first kappa shape index (κ1) is 15.3. The normalized spacial score (nSPS) is 22.1. The monoisotopic (exact) mass is 292 g/mol. The van der Waals surface area contributed by atoms with Crippen LogP contribution in [0.2, 0.25) is 0 Å². The maximum Gasteiger partial charge on any atom is 0.335 e. The van der Waals surface area contributed by atoms with Gasteiger partial charge in [-0.05, 0) is 38.1 Å². The van der Waals surface area contributed by atoms with Crippen molar-refractivity contribution < 1.29 is 19.4 Å². The number of hydrogen-bond donors (Lipinski definition) is 2. The number of carboxylic acid groups (broad SMARTS) is 1. The van der Waals surface area contributed by atoms with Gasteiger partial charge in [0.2, 0.25) is 5.91 Å². The molecule has 0 bridgehead atoms. The van der Waals surface area contributed by atoms with Crippen molar-refractivity contribution in [2.45, 2.75) is 13.3 Å². The van der Waals surface area contributed by atoms with Gasteiger partial charge in [-0.1, -0.05) is 6.07 Å². The molecule has 0 spiro atoms. The molecule has 1 aromatic rings. The van der Waals surface area contributed by atoms with Gasteiger partial charge in [0, 0.05) is 13.1 Å². The lowest BCUT2D eigenvalue weighted by molar-refractivity contribution is -0.126. The average molecular weight is 292 g/mol. The molecule has 1 aromatic carbocycles. The fourth-order valence-corrected chi connectivity index (χ4v) is 2.46. The summed E-state index contributed by atoms with van der Waals surface area (Å²) in [5.41, 5.74) is 5.16. The Bertz CT molecular complexity index is 546. The average Bonchev–Trinajstić information content (AvgIpc) is 2.82. The van der Waals surface area contributed by atoms with Gasteiger partial charge in [0.1, 0.15) is 12.4 Å². The molecular weight excluding hydrogens is 272 g/mol. The first-order valence-corrected chi connectivity index (χ1v) is 6.89. The molecule has 1 amide bonds. The summed E-state index contributed by atoms with van der Waals surface area (Å²) in [6.45, 7) is 4.46. The molecule has 0 aromatic heterocycles. The Balaban J connectivity index is 1.82. The topological polar surface area (TPSA) is 92.9 Å². The molecule has 1 aliphatic heterocycles. The summed E-state index contributed by atoms with van der Waals surface area (Å²) in [7, 11) is 0. The molecule has 6 nitrogen and oxygen atoms in total. The predicted molar refractivity (Wildman–Crippen MR) is 77.3 cm³/mol. The Hall–Kier alpha value is -2.08. The van der Waals surface area contributed by atoms with E-state index in [1.807, 2.05) is 6.92 Å². The highest BCUT2D eigenvalue weighted by molar-refractivity contribution is 5.88. The number of aromatic carboxylic acids is 1. The largest absolute Gasteiger partial charge is 0.492 e. The number of carbonyl (C=O) groups excluding carboxylic acids is 1. The zero-order chi connectivity index (χ0) is 15.5. The van der Waals surface area contributed by atoms with E-state index in [4.69, 9.17) is 15.6 Å². The molecule has 3 N–H and O–H groups in total. The van der Waals surface area contributed by atoms with Crippen LogP contribution in [0.1, 0.15) is 23.7 Å². The number of benzene rings is 1. The van der Waals surface area contributed by atoms with Crippen LogP contribution >= 0.6 is 0 Å². The minimum absolute atomic E-state index is 0.204. The lowest BCUT2D eigenvalue weighted by Crippen LogP contribution is -2.37. The number of carbonyl (C=O) groups is 2. The Morgan fingerprint density at radius 2 is 2.24 bits per heavy atom. The number of ether oxygens (including phenoxy) is 1. The third-order valence-corrected chi connectivity index (χ3v) is 3.90. The van der Waals surface area contributed by atoms with Gasteiger partial charge >= 0.3 is 5.97 Å². The van der Waals surface area contributed by atoms with E-state index in [-0.39, 0.29) is 11.5 Å². The van der Waals surface area contributed by atoms with E-state index in [0.717, 1.165) is 13.0 Å². The molecule has 1 fully saturated rings. The van der Waals surface area contributed by atoms with Gasteiger partial charge < -0.3 is 15.6 Å². The summed E-state index contributed by atoms with van der Waals surface area (Å²) in [6, 6.07) is 6.40. The summed E-state index contributed by atoms with van der Waals surface area (Å²) >= 11 is 0. The van der Waals surface area contributed by atoms with Crippen LogP contribution in [0, 0.1) is 5.41 Å². The maximum atomic E-state index is 11.4. The molecule has 1 atom stereocenters. The van der Waals surface area contributed by atoms with Crippen LogP contribution in [-0.4, -0.2) is 48.1 Å². The number of hydrogen-bond acceptors (Lipinski definition) is 4. The van der Waals surface area contributed by atoms with Crippen molar-refractivity contribution in [1.82, 2.24) is 4.90 Å². The van der Waals surface area contributed by atoms with Gasteiger partial charge in [-0.15, -0.1) is 0 Å². The zero-order valence-electron chi connectivity index (χ0n) is 12.0. The highest BCUT2D eigenvalue weighted by atomic mass is 16.5. The smallest absolute Gasteiger partial charge is 0.335 e. The number of carboxylic acids is 1. The molecule has 0 radical (unpaired) electrons. The molecule has 0 aliphatic carbocycles. The van der Waals surface area contributed by atoms with E-state index in [0.29, 0.717) is 25.4 Å². The van der Waals surface area contributed by atoms with Crippen molar-refractivity contribution >= 4 is 11.9 Å². The molecule has 1 aliphatic rings. The number of nitrogens with zero attached hydrogens (tertiary/aromatic N) is 1. The zero-order valence-corrected chi connectivity index (χ0v) is 12.0. The van der Waals surface area contributed by atoms with Crippen LogP contribution in [0.5, 0.6) is 5.75 Å². The fraction of sp³-hybridized carbons (Fsp3) is 0.467. The molecule has 6 heteroatoms. The molecule has 1 heterocycles. The van der Waals surface area contributed by atoms with Crippen LogP contribution in [0.3, 0.4) is 0 Å². The molecule has 21 heavy (non-hydrogen) atoms. The standard InChI is InChI=1S/C15H20N2O4/c1-15(14(16)20)5-6-17(10-15)7-8-21-12-4-2-3-11(9-12)13(18)19/h2-4,9H,5-8,10H2,1H3,(H2,16,20)(H,18,19). The van der Waals surface area contributed by atoms with Crippen molar-refractivity contribution in [3.05, 3.63) is 29.8 Å².